The lowest BCUT2D eigenvalue weighted by molar-refractivity contribution is -0.515. The Morgan fingerprint density at radius 1 is 1.19 bits per heavy atom. The number of carbonyl (C=O) groups excluding carboxylic acids is 1. The molecule has 26 heavy (non-hydrogen) atoms. The number of hydrogen-bond donors (Lipinski definition) is 3. The minimum Gasteiger partial charge on any atom is -0.508 e. The second-order valence-electron chi connectivity index (χ2n) is 4.90. The summed E-state index contributed by atoms with van der Waals surface area (Å²) < 4.78 is 10.2. The zero-order chi connectivity index (χ0) is 19.4. The molecule has 0 aliphatic carbocycles. The molecule has 0 saturated carbocycles. The summed E-state index contributed by atoms with van der Waals surface area (Å²) in [6, 6.07) is 10.0. The number of carbonyl (C=O) groups is 1. The van der Waals surface area contributed by atoms with Gasteiger partial charge in [0.15, 0.2) is 5.69 Å². The molecular formula is C18H22N3O5+. The van der Waals surface area contributed by atoms with E-state index in [-0.39, 0.29) is 11.4 Å². The fourth-order valence-electron chi connectivity index (χ4n) is 2.07. The van der Waals surface area contributed by atoms with E-state index in [2.05, 4.69) is 15.7 Å². The van der Waals surface area contributed by atoms with E-state index in [9.17, 15) is 9.70 Å². The van der Waals surface area contributed by atoms with Crippen LogP contribution in [0.3, 0.4) is 0 Å². The molecule has 8 nitrogen and oxygen atoms in total. The first-order chi connectivity index (χ1) is 12.6. The molecule has 3 N–H and O–H groups in total. The van der Waals surface area contributed by atoms with Gasteiger partial charge in [-0.1, -0.05) is 12.1 Å². The van der Waals surface area contributed by atoms with Crippen molar-refractivity contribution in [3.8, 4) is 17.2 Å². The third kappa shape index (κ3) is 5.90. The highest BCUT2D eigenvalue weighted by molar-refractivity contribution is 5.89. The van der Waals surface area contributed by atoms with Crippen LogP contribution >= 0.6 is 0 Å². The number of aromatic hydroxyl groups is 1. The van der Waals surface area contributed by atoms with E-state index in [0.717, 1.165) is 11.8 Å². The maximum atomic E-state index is 10.8. The number of nitrogens with one attached hydrogen (secondary N) is 2. The maximum Gasteiger partial charge on any atom is 0.204 e. The summed E-state index contributed by atoms with van der Waals surface area (Å²) >= 11 is 0. The van der Waals surface area contributed by atoms with Gasteiger partial charge in [-0.2, -0.15) is 0 Å². The first kappa shape index (κ1) is 20.6. The highest BCUT2D eigenvalue weighted by Crippen LogP contribution is 2.35. The van der Waals surface area contributed by atoms with Crippen molar-refractivity contribution >= 4 is 18.2 Å². The Hall–Kier alpha value is -3.42. The van der Waals surface area contributed by atoms with Crippen LogP contribution in [0.5, 0.6) is 17.2 Å². The molecular weight excluding hydrogens is 338 g/mol. The summed E-state index contributed by atoms with van der Waals surface area (Å²) in [5, 5.41) is 14.6. The van der Waals surface area contributed by atoms with E-state index in [0.29, 0.717) is 23.5 Å². The summed E-state index contributed by atoms with van der Waals surface area (Å²) in [7, 11) is 4.70. The molecule has 0 fully saturated rings. The molecule has 0 bridgehead atoms. The Balaban J connectivity index is 0.000000289. The highest BCUT2D eigenvalue weighted by atomic mass is 16.5. The van der Waals surface area contributed by atoms with Gasteiger partial charge in [-0.25, -0.2) is 5.43 Å². The molecule has 138 valence electrons. The Labute approximate surface area is 151 Å². The molecule has 0 saturated heterocycles. The molecule has 2 aromatic carbocycles. The quantitative estimate of drug-likeness (QED) is 0.292. The van der Waals surface area contributed by atoms with Gasteiger partial charge in [0.25, 0.3) is 0 Å². The van der Waals surface area contributed by atoms with Crippen molar-refractivity contribution in [1.29, 1.82) is 0 Å². The third-order valence-electron chi connectivity index (χ3n) is 3.26. The van der Waals surface area contributed by atoms with Crippen LogP contribution in [-0.4, -0.2) is 38.9 Å². The Morgan fingerprint density at radius 3 is 2.42 bits per heavy atom. The number of nitroso groups, excluding NO2 is 1. The summed E-state index contributed by atoms with van der Waals surface area (Å²) in [6.07, 6.45) is 2.77. The summed E-state index contributed by atoms with van der Waals surface area (Å²) in [4.78, 5) is 20.8. The lowest BCUT2D eigenvalue weighted by atomic mass is 10.1. The molecule has 0 spiro atoms. The van der Waals surface area contributed by atoms with E-state index in [1.165, 1.54) is 14.2 Å². The van der Waals surface area contributed by atoms with Crippen molar-refractivity contribution < 1.29 is 24.5 Å². The van der Waals surface area contributed by atoms with E-state index >= 15 is 0 Å². The Bertz CT molecular complexity index is 762. The molecule has 0 amide bonds. The maximum absolute atomic E-state index is 10.8. The monoisotopic (exact) mass is 360 g/mol. The van der Waals surface area contributed by atoms with Gasteiger partial charge in [0.05, 0.1) is 21.3 Å². The fraction of sp³-hybridized carbons (Fsp3) is 0.222. The number of methoxy groups -OCH3 is 2. The van der Waals surface area contributed by atoms with E-state index in [4.69, 9.17) is 14.6 Å². The molecule has 0 unspecified atom stereocenters. The molecule has 0 aliphatic rings. The minimum atomic E-state index is 0.199. The number of rotatable bonds is 7. The normalized spacial score (nSPS) is 9.81. The van der Waals surface area contributed by atoms with Crippen molar-refractivity contribution in [3.05, 3.63) is 52.4 Å². The number of hydrazone groups is 1. The van der Waals surface area contributed by atoms with E-state index < -0.39 is 0 Å². The zero-order valence-electron chi connectivity index (χ0n) is 14.9. The number of hydrazine groups is 1. The van der Waals surface area contributed by atoms with Gasteiger partial charge in [0.2, 0.25) is 6.21 Å². The number of benzene rings is 2. The average molecular weight is 360 g/mol. The van der Waals surface area contributed by atoms with Gasteiger partial charge in [-0.3, -0.25) is 0 Å². The molecule has 0 radical (unpaired) electrons. The SMILES string of the molecule is CN/[NH+]=C/c1c(OC)ccc(OC)c1N=O.O=CCc1cccc(O)c1. The van der Waals surface area contributed by atoms with E-state index in [1.807, 2.05) is 0 Å². The smallest absolute Gasteiger partial charge is 0.204 e. The molecule has 2 rings (SSSR count). The number of phenolic OH excluding ortho intramolecular Hbond substituents is 1. The predicted octanol–water partition coefficient (Wildman–Crippen LogP) is 0.869. The lowest BCUT2D eigenvalue weighted by Gasteiger charge is -2.07. The lowest BCUT2D eigenvalue weighted by Crippen LogP contribution is -2.78. The highest BCUT2D eigenvalue weighted by Gasteiger charge is 2.16. The minimum absolute atomic E-state index is 0.199. The van der Waals surface area contributed by atoms with Crippen LogP contribution < -0.4 is 20.0 Å². The Morgan fingerprint density at radius 2 is 1.88 bits per heavy atom. The number of hydrogen-bond acceptors (Lipinski definition) is 7. The van der Waals surface area contributed by atoms with Gasteiger partial charge in [-0.05, 0) is 35.0 Å². The fourth-order valence-corrected chi connectivity index (χ4v) is 2.07. The van der Waals surface area contributed by atoms with Crippen LogP contribution in [0, 0.1) is 4.91 Å². The van der Waals surface area contributed by atoms with Crippen molar-refractivity contribution in [3.63, 3.8) is 0 Å². The van der Waals surface area contributed by atoms with Crippen LogP contribution in [0.2, 0.25) is 0 Å². The van der Waals surface area contributed by atoms with Crippen LogP contribution in [0.1, 0.15) is 11.1 Å². The molecule has 0 aliphatic heterocycles. The van der Waals surface area contributed by atoms with Crippen molar-refractivity contribution in [1.82, 2.24) is 5.43 Å². The Kier molecular flexibility index (Phi) is 8.88. The van der Waals surface area contributed by atoms with E-state index in [1.54, 1.807) is 49.7 Å². The van der Waals surface area contributed by atoms with Crippen LogP contribution in [0.15, 0.2) is 41.6 Å². The number of nitrogens with zero attached hydrogens (tertiary/aromatic N) is 1. The van der Waals surface area contributed by atoms with Gasteiger partial charge in [0.1, 0.15) is 29.1 Å². The largest absolute Gasteiger partial charge is 0.508 e. The van der Waals surface area contributed by atoms with Crippen molar-refractivity contribution in [2.45, 2.75) is 6.42 Å². The molecule has 0 aromatic heterocycles. The van der Waals surface area contributed by atoms with Crippen LogP contribution in [-0.2, 0) is 11.2 Å². The molecule has 0 atom stereocenters. The van der Waals surface area contributed by atoms with Gasteiger partial charge in [-0.15, -0.1) is 10.0 Å². The number of ether oxygens (including phenoxy) is 2. The number of aldehydes is 1. The second-order valence-corrected chi connectivity index (χ2v) is 4.90. The van der Waals surface area contributed by atoms with Crippen LogP contribution in [0.4, 0.5) is 5.69 Å². The molecule has 8 heteroatoms. The first-order valence-electron chi connectivity index (χ1n) is 7.66. The summed E-state index contributed by atoms with van der Waals surface area (Å²) in [5.74, 6) is 1.15. The predicted molar refractivity (Wildman–Crippen MR) is 98.1 cm³/mol. The van der Waals surface area contributed by atoms with Crippen LogP contribution in [0.25, 0.3) is 0 Å². The van der Waals surface area contributed by atoms with Crippen molar-refractivity contribution in [2.75, 3.05) is 21.3 Å². The van der Waals surface area contributed by atoms with Gasteiger partial charge < -0.3 is 19.4 Å². The standard InChI is InChI=1S/C10H13N3O3.C8H8O2/c1-11-12-6-7-8(15-2)4-5-9(16-3)10(7)13-14;9-5-4-7-2-1-3-8(10)6-7/h4-6,11H,1-3H3;1-3,5-6,10H,4H2/p+1/b12-6+;. The second kappa shape index (κ2) is 11.2. The molecule has 2 aromatic rings. The molecule has 0 heterocycles. The zero-order valence-corrected chi connectivity index (χ0v) is 14.9. The topological polar surface area (TPSA) is 111 Å². The van der Waals surface area contributed by atoms with Gasteiger partial charge in [0, 0.05) is 6.42 Å². The van der Waals surface area contributed by atoms with Crippen molar-refractivity contribution in [2.24, 2.45) is 5.18 Å². The first-order valence-corrected chi connectivity index (χ1v) is 7.66. The number of phenols is 1. The average Bonchev–Trinajstić information content (AvgIpc) is 2.66. The third-order valence-corrected chi connectivity index (χ3v) is 3.26. The summed E-state index contributed by atoms with van der Waals surface area (Å²) in [6.45, 7) is 0. The van der Waals surface area contributed by atoms with Gasteiger partial charge >= 0.3 is 0 Å². The summed E-state index contributed by atoms with van der Waals surface area (Å²) in [5.41, 5.74) is 4.29.